The standard InChI is InChI=1S/C10H17N.C2H6/c1-4-9(2)10-6-5-7-11(3)8-10;1-2/h6H,2,4-5,7-8H2,1,3H3;1-2H3. The average molecular weight is 181 g/mol. The molecule has 0 atom stereocenters. The molecule has 0 unspecified atom stereocenters. The molecule has 1 aliphatic heterocycles. The lowest BCUT2D eigenvalue weighted by Gasteiger charge is -2.23. The third-order valence-electron chi connectivity index (χ3n) is 2.22. The Balaban J connectivity index is 0.000000671. The lowest BCUT2D eigenvalue weighted by Crippen LogP contribution is -2.25. The Morgan fingerprint density at radius 3 is 2.62 bits per heavy atom. The summed E-state index contributed by atoms with van der Waals surface area (Å²) in [7, 11) is 2.16. The van der Waals surface area contributed by atoms with Gasteiger partial charge in [0.05, 0.1) is 0 Å². The third kappa shape index (κ3) is 4.28. The summed E-state index contributed by atoms with van der Waals surface area (Å²) in [5.74, 6) is 0. The zero-order chi connectivity index (χ0) is 10.3. The summed E-state index contributed by atoms with van der Waals surface area (Å²) >= 11 is 0. The molecule has 0 bridgehead atoms. The summed E-state index contributed by atoms with van der Waals surface area (Å²) in [6, 6.07) is 0. The molecule has 1 heterocycles. The molecule has 0 N–H and O–H groups in total. The van der Waals surface area contributed by atoms with E-state index in [2.05, 4.69) is 31.5 Å². The van der Waals surface area contributed by atoms with Gasteiger partial charge >= 0.3 is 0 Å². The van der Waals surface area contributed by atoms with Crippen molar-refractivity contribution in [2.24, 2.45) is 0 Å². The molecule has 0 radical (unpaired) electrons. The maximum Gasteiger partial charge on any atom is 0.0230 e. The SMILES string of the molecule is C=C(CC)C1=CCCN(C)C1.CC. The Kier molecular flexibility index (Phi) is 6.61. The zero-order valence-corrected chi connectivity index (χ0v) is 9.56. The molecule has 0 aliphatic carbocycles. The maximum atomic E-state index is 4.04. The maximum absolute atomic E-state index is 4.04. The highest BCUT2D eigenvalue weighted by Gasteiger charge is 2.09. The van der Waals surface area contributed by atoms with Crippen LogP contribution in [0.15, 0.2) is 23.8 Å². The largest absolute Gasteiger partial charge is 0.302 e. The molecule has 0 saturated carbocycles. The highest BCUT2D eigenvalue weighted by molar-refractivity contribution is 5.30. The fourth-order valence-corrected chi connectivity index (χ4v) is 1.38. The van der Waals surface area contributed by atoms with Crippen molar-refractivity contribution in [3.05, 3.63) is 23.8 Å². The smallest absolute Gasteiger partial charge is 0.0230 e. The molecule has 0 aromatic rings. The van der Waals surface area contributed by atoms with Gasteiger partial charge in [-0.05, 0) is 25.5 Å². The van der Waals surface area contributed by atoms with Gasteiger partial charge in [0, 0.05) is 13.1 Å². The van der Waals surface area contributed by atoms with Crippen molar-refractivity contribution >= 4 is 0 Å². The van der Waals surface area contributed by atoms with E-state index < -0.39 is 0 Å². The van der Waals surface area contributed by atoms with Crippen molar-refractivity contribution in [2.75, 3.05) is 20.1 Å². The lowest BCUT2D eigenvalue weighted by molar-refractivity contribution is 0.356. The van der Waals surface area contributed by atoms with Crippen LogP contribution in [0.25, 0.3) is 0 Å². The van der Waals surface area contributed by atoms with Gasteiger partial charge in [0.15, 0.2) is 0 Å². The third-order valence-corrected chi connectivity index (χ3v) is 2.22. The van der Waals surface area contributed by atoms with Crippen LogP contribution < -0.4 is 0 Å². The van der Waals surface area contributed by atoms with Crippen LogP contribution in [0.3, 0.4) is 0 Å². The molecule has 76 valence electrons. The molecule has 0 aromatic heterocycles. The van der Waals surface area contributed by atoms with Crippen LogP contribution in [0, 0.1) is 0 Å². The van der Waals surface area contributed by atoms with Gasteiger partial charge in [-0.15, -0.1) is 0 Å². The molecular weight excluding hydrogens is 158 g/mol. The predicted molar refractivity (Wildman–Crippen MR) is 61.0 cm³/mol. The summed E-state index contributed by atoms with van der Waals surface area (Å²) in [6.45, 7) is 12.5. The van der Waals surface area contributed by atoms with Gasteiger partial charge in [-0.2, -0.15) is 0 Å². The first kappa shape index (κ1) is 12.4. The fourth-order valence-electron chi connectivity index (χ4n) is 1.38. The van der Waals surface area contributed by atoms with E-state index in [0.29, 0.717) is 0 Å². The normalized spacial score (nSPS) is 17.1. The first-order valence-corrected chi connectivity index (χ1v) is 5.29. The second kappa shape index (κ2) is 6.90. The molecular formula is C12H23N. The Hall–Kier alpha value is -0.560. The summed E-state index contributed by atoms with van der Waals surface area (Å²) < 4.78 is 0. The fraction of sp³-hybridized carbons (Fsp3) is 0.667. The quantitative estimate of drug-likeness (QED) is 0.632. The van der Waals surface area contributed by atoms with Crippen LogP contribution >= 0.6 is 0 Å². The van der Waals surface area contributed by atoms with Crippen LogP contribution in [0.1, 0.15) is 33.6 Å². The van der Waals surface area contributed by atoms with E-state index in [0.717, 1.165) is 13.0 Å². The summed E-state index contributed by atoms with van der Waals surface area (Å²) in [6.07, 6.45) is 4.59. The molecule has 13 heavy (non-hydrogen) atoms. The number of rotatable bonds is 2. The highest BCUT2D eigenvalue weighted by Crippen LogP contribution is 2.16. The van der Waals surface area contributed by atoms with E-state index in [1.807, 2.05) is 13.8 Å². The van der Waals surface area contributed by atoms with Gasteiger partial charge in [-0.25, -0.2) is 0 Å². The number of nitrogens with zero attached hydrogens (tertiary/aromatic N) is 1. The van der Waals surface area contributed by atoms with Crippen molar-refractivity contribution in [3.8, 4) is 0 Å². The van der Waals surface area contributed by atoms with E-state index in [-0.39, 0.29) is 0 Å². The minimum Gasteiger partial charge on any atom is -0.302 e. The van der Waals surface area contributed by atoms with Gasteiger partial charge in [0.1, 0.15) is 0 Å². The van der Waals surface area contributed by atoms with Gasteiger partial charge in [0.2, 0.25) is 0 Å². The molecule has 1 nitrogen and oxygen atoms in total. The molecule has 1 aliphatic rings. The van der Waals surface area contributed by atoms with Crippen molar-refractivity contribution in [1.82, 2.24) is 4.90 Å². The van der Waals surface area contributed by atoms with Crippen LogP contribution in [-0.4, -0.2) is 25.0 Å². The van der Waals surface area contributed by atoms with Crippen LogP contribution in [0.5, 0.6) is 0 Å². The van der Waals surface area contributed by atoms with Crippen LogP contribution in [0.2, 0.25) is 0 Å². The topological polar surface area (TPSA) is 3.24 Å². The number of likely N-dealkylation sites (N-methyl/N-ethyl adjacent to an activating group) is 1. The predicted octanol–water partition coefficient (Wildman–Crippen LogP) is 3.24. The number of hydrogen-bond donors (Lipinski definition) is 0. The molecule has 0 aromatic carbocycles. The minimum atomic E-state index is 1.08. The van der Waals surface area contributed by atoms with E-state index in [9.17, 15) is 0 Å². The molecule has 0 fully saturated rings. The molecule has 0 spiro atoms. The molecule has 1 rings (SSSR count). The zero-order valence-electron chi connectivity index (χ0n) is 9.56. The van der Waals surface area contributed by atoms with E-state index in [1.54, 1.807) is 0 Å². The second-order valence-electron chi connectivity index (χ2n) is 3.21. The molecule has 0 amide bonds. The van der Waals surface area contributed by atoms with Gasteiger partial charge in [0.25, 0.3) is 0 Å². The Morgan fingerprint density at radius 1 is 1.54 bits per heavy atom. The van der Waals surface area contributed by atoms with Gasteiger partial charge in [-0.3, -0.25) is 0 Å². The highest BCUT2D eigenvalue weighted by atomic mass is 15.1. The lowest BCUT2D eigenvalue weighted by atomic mass is 10.0. The summed E-state index contributed by atoms with van der Waals surface area (Å²) in [5.41, 5.74) is 2.75. The monoisotopic (exact) mass is 181 g/mol. The number of hydrogen-bond acceptors (Lipinski definition) is 1. The van der Waals surface area contributed by atoms with Crippen molar-refractivity contribution < 1.29 is 0 Å². The summed E-state index contributed by atoms with van der Waals surface area (Å²) in [4.78, 5) is 2.34. The first-order chi connectivity index (χ1) is 6.24. The second-order valence-corrected chi connectivity index (χ2v) is 3.21. The van der Waals surface area contributed by atoms with Crippen LogP contribution in [0.4, 0.5) is 0 Å². The van der Waals surface area contributed by atoms with Gasteiger partial charge < -0.3 is 4.90 Å². The van der Waals surface area contributed by atoms with E-state index in [1.165, 1.54) is 24.1 Å². The summed E-state index contributed by atoms with van der Waals surface area (Å²) in [5, 5.41) is 0. The average Bonchev–Trinajstić information content (AvgIpc) is 2.20. The Labute approximate surface area is 83.1 Å². The molecule has 1 heteroatoms. The van der Waals surface area contributed by atoms with Crippen molar-refractivity contribution in [1.29, 1.82) is 0 Å². The minimum absolute atomic E-state index is 1.08. The van der Waals surface area contributed by atoms with Crippen molar-refractivity contribution in [2.45, 2.75) is 33.6 Å². The Morgan fingerprint density at radius 2 is 2.15 bits per heavy atom. The van der Waals surface area contributed by atoms with Gasteiger partial charge in [-0.1, -0.05) is 39.0 Å². The van der Waals surface area contributed by atoms with E-state index >= 15 is 0 Å². The van der Waals surface area contributed by atoms with E-state index in [4.69, 9.17) is 0 Å². The van der Waals surface area contributed by atoms with Crippen molar-refractivity contribution in [3.63, 3.8) is 0 Å². The first-order valence-electron chi connectivity index (χ1n) is 5.29. The van der Waals surface area contributed by atoms with Crippen LogP contribution in [-0.2, 0) is 0 Å². The molecule has 0 saturated heterocycles. The Bertz CT molecular complexity index is 180.